The smallest absolute Gasteiger partial charge is 0.244 e. The molecule has 0 saturated carbocycles. The fourth-order valence-electron chi connectivity index (χ4n) is 3.98. The molecule has 2 aromatic heterocycles. The van der Waals surface area contributed by atoms with Gasteiger partial charge in [-0.15, -0.1) is 15.3 Å². The summed E-state index contributed by atoms with van der Waals surface area (Å²) in [7, 11) is 0. The minimum atomic E-state index is -0.328. The van der Waals surface area contributed by atoms with Crippen LogP contribution in [0.2, 0.25) is 5.15 Å². The van der Waals surface area contributed by atoms with E-state index in [4.69, 9.17) is 16.6 Å². The van der Waals surface area contributed by atoms with E-state index in [1.165, 1.54) is 12.1 Å². The van der Waals surface area contributed by atoms with Crippen molar-refractivity contribution in [3.8, 4) is 22.8 Å². The third-order valence-electron chi connectivity index (χ3n) is 5.94. The van der Waals surface area contributed by atoms with Crippen molar-refractivity contribution >= 4 is 23.3 Å². The van der Waals surface area contributed by atoms with Gasteiger partial charge in [0.25, 0.3) is 0 Å². The van der Waals surface area contributed by atoms with Gasteiger partial charge < -0.3 is 9.80 Å². The van der Waals surface area contributed by atoms with E-state index in [9.17, 15) is 9.18 Å². The van der Waals surface area contributed by atoms with Gasteiger partial charge >= 0.3 is 0 Å². The van der Waals surface area contributed by atoms with Crippen LogP contribution in [-0.2, 0) is 11.3 Å². The van der Waals surface area contributed by atoms with Crippen molar-refractivity contribution in [3.05, 3.63) is 77.2 Å². The molecule has 0 spiro atoms. The molecule has 3 heterocycles. The molecule has 1 aliphatic rings. The lowest BCUT2D eigenvalue weighted by Gasteiger charge is -2.35. The molecule has 0 atom stereocenters. The molecule has 5 rings (SSSR count). The molecule has 178 valence electrons. The molecule has 4 aromatic rings. The number of hydrogen-bond acceptors (Lipinski definition) is 6. The molecule has 0 unspecified atom stereocenters. The number of nitrogens with zero attached hydrogens (tertiary/aromatic N) is 7. The lowest BCUT2D eigenvalue weighted by Crippen LogP contribution is -2.50. The Kier molecular flexibility index (Phi) is 6.41. The van der Waals surface area contributed by atoms with Crippen molar-refractivity contribution in [2.75, 3.05) is 31.1 Å². The van der Waals surface area contributed by atoms with Gasteiger partial charge in [0, 0.05) is 37.3 Å². The molecule has 1 aliphatic heterocycles. The molecule has 35 heavy (non-hydrogen) atoms. The average Bonchev–Trinajstić information content (AvgIpc) is 3.29. The second-order valence-corrected chi connectivity index (χ2v) is 8.76. The van der Waals surface area contributed by atoms with Crippen LogP contribution in [-0.4, -0.2) is 61.9 Å². The van der Waals surface area contributed by atoms with Crippen LogP contribution in [0.15, 0.2) is 60.7 Å². The second-order valence-electron chi connectivity index (χ2n) is 8.37. The molecule has 8 nitrogen and oxygen atoms in total. The highest BCUT2D eigenvalue weighted by atomic mass is 35.5. The minimum absolute atomic E-state index is 0.0456. The third kappa shape index (κ3) is 5.14. The van der Waals surface area contributed by atoms with Gasteiger partial charge in [-0.05, 0) is 43.3 Å². The van der Waals surface area contributed by atoms with E-state index in [1.54, 1.807) is 22.9 Å². The fourth-order valence-corrected chi connectivity index (χ4v) is 4.08. The second kappa shape index (κ2) is 9.79. The summed E-state index contributed by atoms with van der Waals surface area (Å²) >= 11 is 5.83. The topological polar surface area (TPSA) is 80.0 Å². The summed E-state index contributed by atoms with van der Waals surface area (Å²) < 4.78 is 15.0. The van der Waals surface area contributed by atoms with Crippen molar-refractivity contribution < 1.29 is 9.18 Å². The summed E-state index contributed by atoms with van der Waals surface area (Å²) in [6.45, 7) is 4.47. The summed E-state index contributed by atoms with van der Waals surface area (Å²) in [6, 6.07) is 17.4. The van der Waals surface area contributed by atoms with Gasteiger partial charge in [0.1, 0.15) is 12.4 Å². The predicted octanol–water partition coefficient (Wildman–Crippen LogP) is 3.85. The maximum atomic E-state index is 13.4. The molecule has 0 N–H and O–H groups in total. The zero-order chi connectivity index (χ0) is 24.4. The molecular formula is C25H23ClFN7O. The Hall–Kier alpha value is -3.85. The lowest BCUT2D eigenvalue weighted by molar-refractivity contribution is -0.132. The van der Waals surface area contributed by atoms with Gasteiger partial charge in [-0.2, -0.15) is 0 Å². The number of aryl methyl sites for hydroxylation is 1. The molecule has 0 bridgehead atoms. The number of piperazine rings is 1. The van der Waals surface area contributed by atoms with Crippen LogP contribution in [0.5, 0.6) is 0 Å². The van der Waals surface area contributed by atoms with Crippen LogP contribution in [0, 0.1) is 12.7 Å². The van der Waals surface area contributed by atoms with E-state index < -0.39 is 0 Å². The molecule has 0 aliphatic carbocycles. The number of halogens is 2. The Morgan fingerprint density at radius 1 is 0.914 bits per heavy atom. The summed E-state index contributed by atoms with van der Waals surface area (Å²) in [6.07, 6.45) is 0. The summed E-state index contributed by atoms with van der Waals surface area (Å²) in [5, 5.41) is 13.0. The van der Waals surface area contributed by atoms with Crippen LogP contribution < -0.4 is 4.90 Å². The maximum Gasteiger partial charge on any atom is 0.244 e. The maximum absolute atomic E-state index is 13.4. The minimum Gasteiger partial charge on any atom is -0.352 e. The van der Waals surface area contributed by atoms with Gasteiger partial charge in [0.05, 0.1) is 0 Å². The van der Waals surface area contributed by atoms with E-state index >= 15 is 0 Å². The first-order chi connectivity index (χ1) is 17.0. The van der Waals surface area contributed by atoms with E-state index in [-0.39, 0.29) is 18.3 Å². The standard InChI is InChI=1S/C25H23ClFN7O/c1-17-2-4-19(5-3-17)25-28-24(18-6-8-20(27)9-7-18)31-34(25)16-23(35)33-14-12-32(13-15-33)22-11-10-21(26)29-30-22/h2-11H,12-16H2,1H3. The summed E-state index contributed by atoms with van der Waals surface area (Å²) in [4.78, 5) is 21.8. The molecule has 0 radical (unpaired) electrons. The number of rotatable bonds is 5. The van der Waals surface area contributed by atoms with Crippen LogP contribution in [0.25, 0.3) is 22.8 Å². The predicted molar refractivity (Wildman–Crippen MR) is 131 cm³/mol. The Morgan fingerprint density at radius 3 is 2.26 bits per heavy atom. The van der Waals surface area contributed by atoms with Crippen LogP contribution in [0.4, 0.5) is 10.2 Å². The summed E-state index contributed by atoms with van der Waals surface area (Å²) in [5.74, 6) is 1.40. The number of carbonyl (C=O) groups is 1. The molecule has 1 saturated heterocycles. The van der Waals surface area contributed by atoms with Gasteiger partial charge in [0.15, 0.2) is 22.6 Å². The monoisotopic (exact) mass is 491 g/mol. The Bertz CT molecular complexity index is 1320. The number of anilines is 1. The largest absolute Gasteiger partial charge is 0.352 e. The highest BCUT2D eigenvalue weighted by molar-refractivity contribution is 6.29. The number of hydrogen-bond donors (Lipinski definition) is 0. The first kappa shape index (κ1) is 22.9. The number of carbonyl (C=O) groups excluding carboxylic acids is 1. The lowest BCUT2D eigenvalue weighted by atomic mass is 10.1. The zero-order valence-corrected chi connectivity index (χ0v) is 19.9. The van der Waals surface area contributed by atoms with Crippen molar-refractivity contribution in [2.24, 2.45) is 0 Å². The van der Waals surface area contributed by atoms with E-state index in [0.29, 0.717) is 48.5 Å². The first-order valence-corrected chi connectivity index (χ1v) is 11.6. The summed E-state index contributed by atoms with van der Waals surface area (Å²) in [5.41, 5.74) is 2.66. The highest BCUT2D eigenvalue weighted by Crippen LogP contribution is 2.24. The fraction of sp³-hybridized carbons (Fsp3) is 0.240. The van der Waals surface area contributed by atoms with Gasteiger partial charge in [-0.1, -0.05) is 41.4 Å². The van der Waals surface area contributed by atoms with Crippen LogP contribution >= 0.6 is 11.6 Å². The van der Waals surface area contributed by atoms with Crippen molar-refractivity contribution in [3.63, 3.8) is 0 Å². The third-order valence-corrected chi connectivity index (χ3v) is 6.14. The van der Waals surface area contributed by atoms with Gasteiger partial charge in [-0.25, -0.2) is 14.1 Å². The Morgan fingerprint density at radius 2 is 1.60 bits per heavy atom. The van der Waals surface area contributed by atoms with Crippen LogP contribution in [0.1, 0.15) is 5.56 Å². The first-order valence-electron chi connectivity index (χ1n) is 11.3. The molecule has 1 amide bonds. The van der Waals surface area contributed by atoms with Gasteiger partial charge in [-0.3, -0.25) is 4.79 Å². The van der Waals surface area contributed by atoms with Crippen molar-refractivity contribution in [1.29, 1.82) is 0 Å². The van der Waals surface area contributed by atoms with E-state index in [1.807, 2.05) is 42.2 Å². The zero-order valence-electron chi connectivity index (χ0n) is 19.1. The molecular weight excluding hydrogens is 469 g/mol. The SMILES string of the molecule is Cc1ccc(-c2nc(-c3ccc(F)cc3)nn2CC(=O)N2CCN(c3ccc(Cl)nn3)CC2)cc1. The highest BCUT2D eigenvalue weighted by Gasteiger charge is 2.24. The van der Waals surface area contributed by atoms with Crippen molar-refractivity contribution in [2.45, 2.75) is 13.5 Å². The normalized spacial score (nSPS) is 13.8. The molecule has 10 heteroatoms. The molecule has 1 fully saturated rings. The Labute approximate surface area is 207 Å². The number of aromatic nitrogens is 5. The van der Waals surface area contributed by atoms with E-state index in [2.05, 4.69) is 20.2 Å². The molecule has 2 aromatic carbocycles. The number of amides is 1. The van der Waals surface area contributed by atoms with Crippen LogP contribution in [0.3, 0.4) is 0 Å². The van der Waals surface area contributed by atoms with Crippen molar-refractivity contribution in [1.82, 2.24) is 29.9 Å². The Balaban J connectivity index is 1.34. The van der Waals surface area contributed by atoms with E-state index in [0.717, 1.165) is 16.9 Å². The number of benzene rings is 2. The quantitative estimate of drug-likeness (QED) is 0.422. The van der Waals surface area contributed by atoms with Gasteiger partial charge in [0.2, 0.25) is 5.91 Å². The average molecular weight is 492 g/mol.